The number of ether oxygens (including phenoxy) is 1. The number of aliphatic imine (C=N–C) groups is 1. The Morgan fingerprint density at radius 2 is 2.00 bits per heavy atom. The summed E-state index contributed by atoms with van der Waals surface area (Å²) < 4.78 is 5.73. The van der Waals surface area contributed by atoms with Gasteiger partial charge in [-0.3, -0.25) is 4.99 Å². The SMILES string of the molecule is CN=C(NCC(C)(C)NC(C)c1ccccc1)N(C)CCOCC1CC1. The molecule has 2 N–H and O–H groups in total. The molecule has 1 unspecified atom stereocenters. The van der Waals surface area contributed by atoms with Crippen LogP contribution >= 0.6 is 0 Å². The third kappa shape index (κ3) is 7.34. The lowest BCUT2D eigenvalue weighted by Crippen LogP contribution is -2.52. The van der Waals surface area contributed by atoms with E-state index in [2.05, 4.69) is 78.7 Å². The summed E-state index contributed by atoms with van der Waals surface area (Å²) in [7, 11) is 3.89. The fourth-order valence-electron chi connectivity index (χ4n) is 2.99. The minimum Gasteiger partial charge on any atom is -0.379 e. The molecule has 26 heavy (non-hydrogen) atoms. The van der Waals surface area contributed by atoms with E-state index in [1.807, 2.05) is 7.05 Å². The Labute approximate surface area is 159 Å². The van der Waals surface area contributed by atoms with Crippen molar-refractivity contribution in [2.75, 3.05) is 40.4 Å². The molecule has 1 atom stereocenters. The molecule has 2 rings (SSSR count). The van der Waals surface area contributed by atoms with Gasteiger partial charge in [0, 0.05) is 45.4 Å². The fraction of sp³-hybridized carbons (Fsp3) is 0.667. The number of nitrogens with zero attached hydrogens (tertiary/aromatic N) is 2. The van der Waals surface area contributed by atoms with Gasteiger partial charge in [0.2, 0.25) is 0 Å². The van der Waals surface area contributed by atoms with E-state index in [9.17, 15) is 0 Å². The minimum atomic E-state index is -0.0610. The Balaban J connectivity index is 1.74. The van der Waals surface area contributed by atoms with Crippen LogP contribution < -0.4 is 10.6 Å². The van der Waals surface area contributed by atoms with Crippen molar-refractivity contribution in [1.29, 1.82) is 0 Å². The Morgan fingerprint density at radius 1 is 1.31 bits per heavy atom. The van der Waals surface area contributed by atoms with Gasteiger partial charge in [-0.1, -0.05) is 30.3 Å². The molecule has 0 amide bonds. The number of guanidine groups is 1. The summed E-state index contributed by atoms with van der Waals surface area (Å²) in [6.07, 6.45) is 2.67. The number of likely N-dealkylation sites (N-methyl/N-ethyl adjacent to an activating group) is 1. The average Bonchev–Trinajstić information content (AvgIpc) is 3.44. The predicted molar refractivity (Wildman–Crippen MR) is 110 cm³/mol. The smallest absolute Gasteiger partial charge is 0.193 e. The van der Waals surface area contributed by atoms with Crippen LogP contribution in [0.4, 0.5) is 0 Å². The van der Waals surface area contributed by atoms with Gasteiger partial charge in [0.15, 0.2) is 5.96 Å². The molecule has 0 heterocycles. The highest BCUT2D eigenvalue weighted by atomic mass is 16.5. The van der Waals surface area contributed by atoms with Gasteiger partial charge < -0.3 is 20.3 Å². The van der Waals surface area contributed by atoms with Crippen LogP contribution in [0.5, 0.6) is 0 Å². The lowest BCUT2D eigenvalue weighted by Gasteiger charge is -2.32. The van der Waals surface area contributed by atoms with E-state index < -0.39 is 0 Å². The second-order valence-corrected chi connectivity index (χ2v) is 8.00. The van der Waals surface area contributed by atoms with Gasteiger partial charge in [-0.15, -0.1) is 0 Å². The van der Waals surface area contributed by atoms with Crippen LogP contribution in [0.25, 0.3) is 0 Å². The monoisotopic (exact) mass is 360 g/mol. The summed E-state index contributed by atoms with van der Waals surface area (Å²) in [6, 6.07) is 10.8. The summed E-state index contributed by atoms with van der Waals surface area (Å²) in [6.45, 7) is 9.94. The number of rotatable bonds is 10. The normalized spacial score (nSPS) is 16.4. The van der Waals surface area contributed by atoms with E-state index in [1.54, 1.807) is 0 Å². The molecule has 0 saturated heterocycles. The van der Waals surface area contributed by atoms with Crippen molar-refractivity contribution in [3.05, 3.63) is 35.9 Å². The lowest BCUT2D eigenvalue weighted by molar-refractivity contribution is 0.115. The van der Waals surface area contributed by atoms with Crippen LogP contribution in [0.1, 0.15) is 45.2 Å². The topological polar surface area (TPSA) is 48.9 Å². The highest BCUT2D eigenvalue weighted by Gasteiger charge is 2.22. The third-order valence-corrected chi connectivity index (χ3v) is 4.79. The predicted octanol–water partition coefficient (Wildman–Crippen LogP) is 3.05. The standard InChI is InChI=1S/C21H36N4O/c1-17(19-9-7-6-8-10-19)24-21(2,3)16-23-20(22-4)25(5)13-14-26-15-18-11-12-18/h6-10,17-18,24H,11-16H2,1-5H3,(H,22,23). The molecule has 1 saturated carbocycles. The van der Waals surface area contributed by atoms with Gasteiger partial charge >= 0.3 is 0 Å². The second kappa shape index (κ2) is 9.93. The van der Waals surface area contributed by atoms with E-state index in [4.69, 9.17) is 4.74 Å². The Kier molecular flexibility index (Phi) is 7.91. The zero-order chi connectivity index (χ0) is 19.0. The van der Waals surface area contributed by atoms with Crippen LogP contribution in [0.2, 0.25) is 0 Å². The van der Waals surface area contributed by atoms with E-state index >= 15 is 0 Å². The molecule has 1 aromatic carbocycles. The summed E-state index contributed by atoms with van der Waals surface area (Å²) >= 11 is 0. The third-order valence-electron chi connectivity index (χ3n) is 4.79. The molecule has 5 nitrogen and oxygen atoms in total. The van der Waals surface area contributed by atoms with Crippen molar-refractivity contribution in [3.8, 4) is 0 Å². The zero-order valence-corrected chi connectivity index (χ0v) is 17.1. The summed E-state index contributed by atoms with van der Waals surface area (Å²) in [4.78, 5) is 6.53. The van der Waals surface area contributed by atoms with Gasteiger partial charge in [0.1, 0.15) is 0 Å². The van der Waals surface area contributed by atoms with Crippen LogP contribution in [-0.4, -0.2) is 56.8 Å². The zero-order valence-electron chi connectivity index (χ0n) is 17.1. The summed E-state index contributed by atoms with van der Waals surface area (Å²) in [5, 5.41) is 7.19. The molecular weight excluding hydrogens is 324 g/mol. The van der Waals surface area contributed by atoms with E-state index in [0.717, 1.165) is 38.2 Å². The Hall–Kier alpha value is -1.59. The first kappa shape index (κ1) is 20.7. The molecular formula is C21H36N4O. The van der Waals surface area contributed by atoms with Crippen LogP contribution in [-0.2, 0) is 4.74 Å². The average molecular weight is 361 g/mol. The van der Waals surface area contributed by atoms with E-state index in [-0.39, 0.29) is 5.54 Å². The molecule has 0 aromatic heterocycles. The van der Waals surface area contributed by atoms with Crippen LogP contribution in [0, 0.1) is 5.92 Å². The maximum absolute atomic E-state index is 5.73. The Morgan fingerprint density at radius 3 is 2.62 bits per heavy atom. The van der Waals surface area contributed by atoms with Gasteiger partial charge in [-0.2, -0.15) is 0 Å². The highest BCUT2D eigenvalue weighted by Crippen LogP contribution is 2.28. The van der Waals surface area contributed by atoms with Gasteiger partial charge in [-0.05, 0) is 45.1 Å². The molecule has 5 heteroatoms. The molecule has 1 aliphatic rings. The van der Waals surface area contributed by atoms with Crippen molar-refractivity contribution in [2.24, 2.45) is 10.9 Å². The van der Waals surface area contributed by atoms with Crippen molar-refractivity contribution in [2.45, 2.75) is 45.2 Å². The van der Waals surface area contributed by atoms with E-state index in [1.165, 1.54) is 18.4 Å². The lowest BCUT2D eigenvalue weighted by atomic mass is 10.0. The number of hydrogen-bond donors (Lipinski definition) is 2. The maximum atomic E-state index is 5.73. The maximum Gasteiger partial charge on any atom is 0.193 e. The molecule has 1 fully saturated rings. The number of benzene rings is 1. The largest absolute Gasteiger partial charge is 0.379 e. The van der Waals surface area contributed by atoms with Gasteiger partial charge in [0.05, 0.1) is 6.61 Å². The van der Waals surface area contributed by atoms with Gasteiger partial charge in [-0.25, -0.2) is 0 Å². The van der Waals surface area contributed by atoms with Crippen molar-refractivity contribution >= 4 is 5.96 Å². The molecule has 0 bridgehead atoms. The molecule has 146 valence electrons. The number of hydrogen-bond acceptors (Lipinski definition) is 3. The highest BCUT2D eigenvalue weighted by molar-refractivity contribution is 5.79. The van der Waals surface area contributed by atoms with Crippen LogP contribution in [0.3, 0.4) is 0 Å². The quantitative estimate of drug-likeness (QED) is 0.382. The molecule has 1 aliphatic carbocycles. The Bertz CT molecular complexity index is 554. The molecule has 1 aromatic rings. The first-order chi connectivity index (χ1) is 12.4. The molecule has 0 spiro atoms. The van der Waals surface area contributed by atoms with Crippen LogP contribution in [0.15, 0.2) is 35.3 Å². The fourth-order valence-corrected chi connectivity index (χ4v) is 2.99. The van der Waals surface area contributed by atoms with Gasteiger partial charge in [0.25, 0.3) is 0 Å². The van der Waals surface area contributed by atoms with Crippen molar-refractivity contribution in [1.82, 2.24) is 15.5 Å². The first-order valence-electron chi connectivity index (χ1n) is 9.73. The van der Waals surface area contributed by atoms with Crippen molar-refractivity contribution in [3.63, 3.8) is 0 Å². The molecule has 0 aliphatic heterocycles. The molecule has 0 radical (unpaired) electrons. The minimum absolute atomic E-state index is 0.0610. The van der Waals surface area contributed by atoms with Crippen molar-refractivity contribution < 1.29 is 4.74 Å². The number of nitrogens with one attached hydrogen (secondary N) is 2. The second-order valence-electron chi connectivity index (χ2n) is 8.00. The van der Waals surface area contributed by atoms with E-state index in [0.29, 0.717) is 6.04 Å². The summed E-state index contributed by atoms with van der Waals surface area (Å²) in [5.41, 5.74) is 1.24. The summed E-state index contributed by atoms with van der Waals surface area (Å²) in [5.74, 6) is 1.72. The first-order valence-corrected chi connectivity index (χ1v) is 9.73.